The van der Waals surface area contributed by atoms with Crippen LogP contribution in [0.4, 0.5) is 16.0 Å². The summed E-state index contributed by atoms with van der Waals surface area (Å²) in [4.78, 5) is 15.9. The largest absolute Gasteiger partial charge is 0.487 e. The number of nitrogens with one attached hydrogen (secondary N) is 1. The Kier molecular flexibility index (Phi) is 5.02. The molecule has 2 aliphatic rings. The Labute approximate surface area is 179 Å². The minimum atomic E-state index is -0.324. The highest BCUT2D eigenvalue weighted by Gasteiger charge is 2.28. The molecule has 0 spiro atoms. The maximum atomic E-state index is 14.2. The smallest absolute Gasteiger partial charge is 0.172 e. The van der Waals surface area contributed by atoms with Gasteiger partial charge in [-0.2, -0.15) is 5.26 Å². The molecule has 1 saturated heterocycles. The van der Waals surface area contributed by atoms with Gasteiger partial charge < -0.3 is 15.0 Å². The summed E-state index contributed by atoms with van der Waals surface area (Å²) in [5.74, 6) is 1.46. The molecule has 1 aromatic carbocycles. The van der Waals surface area contributed by atoms with E-state index in [1.165, 1.54) is 6.07 Å². The fourth-order valence-electron chi connectivity index (χ4n) is 3.86. The Morgan fingerprint density at radius 3 is 2.68 bits per heavy atom. The molecule has 1 aliphatic heterocycles. The van der Waals surface area contributed by atoms with Crippen LogP contribution >= 0.6 is 0 Å². The number of hydrogen-bond acceptors (Lipinski definition) is 7. The van der Waals surface area contributed by atoms with Gasteiger partial charge >= 0.3 is 0 Å². The molecule has 7 nitrogen and oxygen atoms in total. The van der Waals surface area contributed by atoms with E-state index in [1.807, 2.05) is 13.0 Å². The van der Waals surface area contributed by atoms with Crippen LogP contribution in [0.15, 0.2) is 30.5 Å². The van der Waals surface area contributed by atoms with Crippen LogP contribution in [-0.4, -0.2) is 40.2 Å². The van der Waals surface area contributed by atoms with Crippen LogP contribution in [0, 0.1) is 24.1 Å². The van der Waals surface area contributed by atoms with Gasteiger partial charge in [-0.05, 0) is 43.5 Å². The lowest BCUT2D eigenvalue weighted by Gasteiger charge is -2.33. The second-order valence-corrected chi connectivity index (χ2v) is 8.19. The summed E-state index contributed by atoms with van der Waals surface area (Å²) >= 11 is 0. The van der Waals surface area contributed by atoms with Crippen LogP contribution in [0.5, 0.6) is 5.75 Å². The summed E-state index contributed by atoms with van der Waals surface area (Å²) in [7, 11) is 0. The number of anilines is 2. The molecule has 3 aromatic rings. The molecule has 0 atom stereocenters. The third-order valence-electron chi connectivity index (χ3n) is 5.71. The number of nitrogens with zero attached hydrogens (tertiary/aromatic N) is 5. The number of halogens is 1. The average Bonchev–Trinajstić information content (AvgIpc) is 3.59. The molecule has 1 saturated carbocycles. The average molecular weight is 418 g/mol. The van der Waals surface area contributed by atoms with Gasteiger partial charge in [-0.15, -0.1) is 0 Å². The lowest BCUT2D eigenvalue weighted by Crippen LogP contribution is -2.39. The number of hydrogen-bond donors (Lipinski definition) is 1. The summed E-state index contributed by atoms with van der Waals surface area (Å²) in [6.07, 6.45) is 5.26. The number of fused-ring (bicyclic) bond motifs is 1. The fourth-order valence-corrected chi connectivity index (χ4v) is 3.86. The Balaban J connectivity index is 1.37. The molecule has 158 valence electrons. The van der Waals surface area contributed by atoms with E-state index >= 15 is 0 Å². The second-order valence-electron chi connectivity index (χ2n) is 8.19. The van der Waals surface area contributed by atoms with Crippen molar-refractivity contribution >= 4 is 22.7 Å². The topological polar surface area (TPSA) is 87.0 Å². The molecule has 8 heteroatoms. The fraction of sp³-hybridized carbons (Fsp3) is 0.391. The van der Waals surface area contributed by atoms with E-state index in [2.05, 4.69) is 21.3 Å². The van der Waals surface area contributed by atoms with Crippen LogP contribution in [0.2, 0.25) is 0 Å². The SMILES string of the molecule is Cc1ccc(OC2CCN(c3nc4c(C#N)nccc4nc3NC3CC3)CC2)c(F)c1. The van der Waals surface area contributed by atoms with Gasteiger partial charge in [0.25, 0.3) is 0 Å². The predicted molar refractivity (Wildman–Crippen MR) is 116 cm³/mol. The lowest BCUT2D eigenvalue weighted by atomic mass is 10.1. The summed E-state index contributed by atoms with van der Waals surface area (Å²) < 4.78 is 20.1. The predicted octanol–water partition coefficient (Wildman–Crippen LogP) is 3.97. The zero-order chi connectivity index (χ0) is 21.4. The first-order valence-electron chi connectivity index (χ1n) is 10.6. The number of pyridine rings is 1. The van der Waals surface area contributed by atoms with Gasteiger partial charge in [-0.1, -0.05) is 6.07 Å². The molecule has 5 rings (SSSR count). The zero-order valence-corrected chi connectivity index (χ0v) is 17.3. The number of aromatic nitrogens is 3. The third-order valence-corrected chi connectivity index (χ3v) is 5.71. The van der Waals surface area contributed by atoms with Crippen LogP contribution in [-0.2, 0) is 0 Å². The third kappa shape index (κ3) is 4.08. The van der Waals surface area contributed by atoms with Crippen molar-refractivity contribution < 1.29 is 9.13 Å². The van der Waals surface area contributed by atoms with Crippen molar-refractivity contribution in [3.63, 3.8) is 0 Å². The highest BCUT2D eigenvalue weighted by molar-refractivity contribution is 5.84. The maximum absolute atomic E-state index is 14.2. The first-order chi connectivity index (χ1) is 15.1. The quantitative estimate of drug-likeness (QED) is 0.671. The van der Waals surface area contributed by atoms with Gasteiger partial charge in [-0.25, -0.2) is 19.3 Å². The number of ether oxygens (including phenoxy) is 1. The second kappa shape index (κ2) is 7.99. The first kappa shape index (κ1) is 19.5. The summed E-state index contributed by atoms with van der Waals surface area (Å²) in [5.41, 5.74) is 2.32. The number of rotatable bonds is 5. The van der Waals surface area contributed by atoms with E-state index in [-0.39, 0.29) is 17.6 Å². The van der Waals surface area contributed by atoms with Gasteiger partial charge in [-0.3, -0.25) is 0 Å². The lowest BCUT2D eigenvalue weighted by molar-refractivity contribution is 0.163. The van der Waals surface area contributed by atoms with Crippen LogP contribution in [0.1, 0.15) is 36.9 Å². The Morgan fingerprint density at radius 2 is 1.97 bits per heavy atom. The van der Waals surface area contributed by atoms with Crippen molar-refractivity contribution in [3.8, 4) is 11.8 Å². The number of aryl methyl sites for hydroxylation is 1. The molecule has 1 N–H and O–H groups in total. The highest BCUT2D eigenvalue weighted by Crippen LogP contribution is 2.33. The van der Waals surface area contributed by atoms with Gasteiger partial charge in [0.2, 0.25) is 0 Å². The van der Waals surface area contributed by atoms with Gasteiger partial charge in [0.05, 0.1) is 5.52 Å². The van der Waals surface area contributed by atoms with Gasteiger partial charge in [0.1, 0.15) is 17.7 Å². The van der Waals surface area contributed by atoms with E-state index in [0.29, 0.717) is 35.9 Å². The van der Waals surface area contributed by atoms with Crippen LogP contribution in [0.3, 0.4) is 0 Å². The molecular weight excluding hydrogens is 395 g/mol. The van der Waals surface area contributed by atoms with E-state index in [9.17, 15) is 9.65 Å². The Hall–Kier alpha value is -3.47. The molecule has 0 unspecified atom stereocenters. The van der Waals surface area contributed by atoms with Crippen LogP contribution < -0.4 is 15.0 Å². The van der Waals surface area contributed by atoms with E-state index in [0.717, 1.165) is 42.9 Å². The van der Waals surface area contributed by atoms with Gasteiger partial charge in [0, 0.05) is 38.2 Å². The maximum Gasteiger partial charge on any atom is 0.172 e. The molecule has 1 aliphatic carbocycles. The molecule has 2 fully saturated rings. The monoisotopic (exact) mass is 418 g/mol. The van der Waals surface area contributed by atoms with Crippen molar-refractivity contribution in [1.29, 1.82) is 5.26 Å². The minimum Gasteiger partial charge on any atom is -0.487 e. The first-order valence-corrected chi connectivity index (χ1v) is 10.6. The standard InChI is InChI=1S/C23H23FN6O/c1-14-2-5-20(17(24)12-14)31-16-7-10-30(11-8-16)23-22(27-15-3-4-15)28-18-6-9-26-19(13-25)21(18)29-23/h2,5-6,9,12,15-16H,3-4,7-8,10-11H2,1H3,(H,27,28). The normalized spacial score (nSPS) is 16.9. The van der Waals surface area contributed by atoms with Crippen molar-refractivity contribution in [2.24, 2.45) is 0 Å². The zero-order valence-electron chi connectivity index (χ0n) is 17.3. The molecule has 0 amide bonds. The Morgan fingerprint density at radius 1 is 1.16 bits per heavy atom. The highest BCUT2D eigenvalue weighted by atomic mass is 19.1. The molecular formula is C23H23FN6O. The number of benzene rings is 1. The van der Waals surface area contributed by atoms with E-state index in [4.69, 9.17) is 14.7 Å². The molecule has 0 radical (unpaired) electrons. The molecule has 31 heavy (non-hydrogen) atoms. The summed E-state index contributed by atoms with van der Waals surface area (Å²) in [6, 6.07) is 9.35. The molecule has 3 heterocycles. The van der Waals surface area contributed by atoms with E-state index in [1.54, 1.807) is 18.3 Å². The van der Waals surface area contributed by atoms with Gasteiger partial charge in [0.15, 0.2) is 28.9 Å². The summed E-state index contributed by atoms with van der Waals surface area (Å²) in [6.45, 7) is 3.27. The van der Waals surface area contributed by atoms with Crippen molar-refractivity contribution in [3.05, 3.63) is 47.5 Å². The van der Waals surface area contributed by atoms with E-state index < -0.39 is 0 Å². The minimum absolute atomic E-state index is 0.0574. The molecule has 2 aromatic heterocycles. The van der Waals surface area contributed by atoms with Crippen LogP contribution in [0.25, 0.3) is 11.0 Å². The summed E-state index contributed by atoms with van der Waals surface area (Å²) in [5, 5.41) is 12.9. The van der Waals surface area contributed by atoms with Crippen molar-refractivity contribution in [2.75, 3.05) is 23.3 Å². The van der Waals surface area contributed by atoms with Crippen molar-refractivity contribution in [1.82, 2.24) is 15.0 Å². The Bertz CT molecular complexity index is 1160. The van der Waals surface area contributed by atoms with Crippen molar-refractivity contribution in [2.45, 2.75) is 44.8 Å². The number of piperidine rings is 1. The number of nitriles is 1. The molecule has 0 bridgehead atoms.